The van der Waals surface area contributed by atoms with Crippen LogP contribution in [0.3, 0.4) is 0 Å². The number of hydrogen-bond donors (Lipinski definition) is 1. The normalized spacial score (nSPS) is 13.5. The molecule has 1 amide bonds. The minimum Gasteiger partial charge on any atom is -0.497 e. The van der Waals surface area contributed by atoms with Gasteiger partial charge in [0.1, 0.15) is 28.9 Å². The molecule has 218 valence electrons. The number of hydrogen-bond acceptors (Lipinski definition) is 7. The lowest BCUT2D eigenvalue weighted by Gasteiger charge is -2.33. The number of nitrogens with one attached hydrogen (secondary N) is 1. The highest BCUT2D eigenvalue weighted by molar-refractivity contribution is 5.95. The molecule has 0 unspecified atom stereocenters. The fourth-order valence-electron chi connectivity index (χ4n) is 5.10. The van der Waals surface area contributed by atoms with Crippen molar-refractivity contribution in [2.24, 2.45) is 5.92 Å². The van der Waals surface area contributed by atoms with Crippen LogP contribution in [0, 0.1) is 11.7 Å². The van der Waals surface area contributed by atoms with Crippen molar-refractivity contribution in [2.45, 2.75) is 12.8 Å². The van der Waals surface area contributed by atoms with E-state index in [2.05, 4.69) is 20.3 Å². The summed E-state index contributed by atoms with van der Waals surface area (Å²) in [6.45, 7) is 2.23. The number of halogens is 1. The summed E-state index contributed by atoms with van der Waals surface area (Å²) in [7, 11) is 1.53. The van der Waals surface area contributed by atoms with Gasteiger partial charge in [0.05, 0.1) is 12.8 Å². The van der Waals surface area contributed by atoms with Crippen LogP contribution < -0.4 is 19.7 Å². The molecular formula is C33H31FN6O3. The number of ether oxygens (including phenoxy) is 2. The Morgan fingerprint density at radius 2 is 1.77 bits per heavy atom. The smallest absolute Gasteiger partial charge is 0.251 e. The topological polar surface area (TPSA) is 94.4 Å². The zero-order chi connectivity index (χ0) is 29.6. The zero-order valence-electron chi connectivity index (χ0n) is 23.7. The first-order valence-electron chi connectivity index (χ1n) is 14.1. The summed E-state index contributed by atoms with van der Waals surface area (Å²) in [4.78, 5) is 24.7. The molecule has 1 fully saturated rings. The van der Waals surface area contributed by atoms with Crippen molar-refractivity contribution in [1.29, 1.82) is 0 Å². The first kappa shape index (κ1) is 27.9. The SMILES string of the molecule is COc1cc(Oc2ccc(F)cc2)cc(C(=O)NCC2CCN(c3ccnc(-c4cccc(-n5cccn5)c4)n3)CC2)c1. The monoisotopic (exact) mass is 578 g/mol. The molecule has 3 aromatic carbocycles. The summed E-state index contributed by atoms with van der Waals surface area (Å²) >= 11 is 0. The van der Waals surface area contributed by atoms with E-state index < -0.39 is 0 Å². The average molecular weight is 579 g/mol. The molecule has 0 bridgehead atoms. The van der Waals surface area contributed by atoms with Gasteiger partial charge in [-0.25, -0.2) is 19.0 Å². The molecule has 6 rings (SSSR count). The van der Waals surface area contributed by atoms with Crippen LogP contribution in [0.4, 0.5) is 10.2 Å². The molecule has 9 nitrogen and oxygen atoms in total. The summed E-state index contributed by atoms with van der Waals surface area (Å²) in [5.41, 5.74) is 2.31. The third-order valence-corrected chi connectivity index (χ3v) is 7.43. The predicted molar refractivity (Wildman–Crippen MR) is 161 cm³/mol. The molecule has 0 aliphatic carbocycles. The number of methoxy groups -OCH3 is 1. The Hall–Kier alpha value is -5.25. The third-order valence-electron chi connectivity index (χ3n) is 7.43. The van der Waals surface area contributed by atoms with E-state index in [1.165, 1.54) is 31.4 Å². The van der Waals surface area contributed by atoms with Gasteiger partial charge in [-0.2, -0.15) is 5.10 Å². The van der Waals surface area contributed by atoms with Gasteiger partial charge in [-0.15, -0.1) is 0 Å². The summed E-state index contributed by atoms with van der Waals surface area (Å²) in [6, 6.07) is 22.6. The minimum atomic E-state index is -0.349. The van der Waals surface area contributed by atoms with E-state index in [0.29, 0.717) is 41.1 Å². The second-order valence-corrected chi connectivity index (χ2v) is 10.3. The first-order valence-corrected chi connectivity index (χ1v) is 14.1. The lowest BCUT2D eigenvalue weighted by Crippen LogP contribution is -2.39. The number of carbonyl (C=O) groups is 1. The Balaban J connectivity index is 1.05. The van der Waals surface area contributed by atoms with Crippen molar-refractivity contribution >= 4 is 11.7 Å². The molecule has 10 heteroatoms. The van der Waals surface area contributed by atoms with Crippen LogP contribution in [-0.4, -0.2) is 52.4 Å². The Kier molecular flexibility index (Phi) is 8.26. The zero-order valence-corrected chi connectivity index (χ0v) is 23.7. The van der Waals surface area contributed by atoms with E-state index in [4.69, 9.17) is 14.5 Å². The number of nitrogens with zero attached hydrogens (tertiary/aromatic N) is 5. The third kappa shape index (κ3) is 6.81. The molecule has 2 aromatic heterocycles. The molecule has 1 N–H and O–H groups in total. The van der Waals surface area contributed by atoms with Gasteiger partial charge in [0.2, 0.25) is 0 Å². The highest BCUT2D eigenvalue weighted by Crippen LogP contribution is 2.28. The van der Waals surface area contributed by atoms with Gasteiger partial charge in [-0.1, -0.05) is 12.1 Å². The summed E-state index contributed by atoms with van der Waals surface area (Å²) in [6.07, 6.45) is 7.30. The van der Waals surface area contributed by atoms with Gasteiger partial charge in [0, 0.05) is 55.4 Å². The van der Waals surface area contributed by atoms with Gasteiger partial charge >= 0.3 is 0 Å². The maximum Gasteiger partial charge on any atom is 0.251 e. The molecular weight excluding hydrogens is 547 g/mol. The average Bonchev–Trinajstić information content (AvgIpc) is 3.60. The van der Waals surface area contributed by atoms with E-state index in [9.17, 15) is 9.18 Å². The van der Waals surface area contributed by atoms with Crippen LogP contribution in [0.25, 0.3) is 17.1 Å². The second kappa shape index (κ2) is 12.7. The van der Waals surface area contributed by atoms with Crippen molar-refractivity contribution in [3.8, 4) is 34.3 Å². The number of benzene rings is 3. The molecule has 43 heavy (non-hydrogen) atoms. The van der Waals surface area contributed by atoms with E-state index in [-0.39, 0.29) is 11.7 Å². The van der Waals surface area contributed by atoms with E-state index in [1.54, 1.807) is 30.6 Å². The number of rotatable bonds is 9. The number of aromatic nitrogens is 4. The Morgan fingerprint density at radius 3 is 2.53 bits per heavy atom. The highest BCUT2D eigenvalue weighted by atomic mass is 19.1. The van der Waals surface area contributed by atoms with Crippen molar-refractivity contribution in [2.75, 3.05) is 31.6 Å². The van der Waals surface area contributed by atoms with Crippen LogP contribution in [0.2, 0.25) is 0 Å². The quantitative estimate of drug-likeness (QED) is 0.232. The van der Waals surface area contributed by atoms with Crippen LogP contribution >= 0.6 is 0 Å². The molecule has 0 radical (unpaired) electrons. The number of anilines is 1. The molecule has 0 saturated carbocycles. The predicted octanol–water partition coefficient (Wildman–Crippen LogP) is 5.92. The Morgan fingerprint density at radius 1 is 0.953 bits per heavy atom. The van der Waals surface area contributed by atoms with Crippen LogP contribution in [0.15, 0.2) is 97.5 Å². The van der Waals surface area contributed by atoms with Crippen molar-refractivity contribution in [3.05, 3.63) is 109 Å². The summed E-state index contributed by atoms with van der Waals surface area (Å²) in [5, 5.41) is 7.38. The molecule has 3 heterocycles. The Labute approximate surface area is 248 Å². The van der Waals surface area contributed by atoms with Crippen molar-refractivity contribution in [3.63, 3.8) is 0 Å². The van der Waals surface area contributed by atoms with Gasteiger partial charge in [-0.3, -0.25) is 4.79 Å². The minimum absolute atomic E-state index is 0.205. The lowest BCUT2D eigenvalue weighted by molar-refractivity contribution is 0.0944. The van der Waals surface area contributed by atoms with E-state index in [0.717, 1.165) is 43.0 Å². The van der Waals surface area contributed by atoms with E-state index in [1.807, 2.05) is 47.3 Å². The Bertz CT molecular complexity index is 1690. The van der Waals surface area contributed by atoms with Crippen LogP contribution in [0.1, 0.15) is 23.2 Å². The summed E-state index contributed by atoms with van der Waals surface area (Å²) in [5.74, 6) is 2.74. The second-order valence-electron chi connectivity index (χ2n) is 10.3. The molecule has 0 atom stereocenters. The van der Waals surface area contributed by atoms with Crippen molar-refractivity contribution < 1.29 is 18.7 Å². The van der Waals surface area contributed by atoms with Crippen LogP contribution in [0.5, 0.6) is 17.2 Å². The fraction of sp³-hybridized carbons (Fsp3) is 0.212. The molecule has 1 saturated heterocycles. The lowest BCUT2D eigenvalue weighted by atomic mass is 9.96. The van der Waals surface area contributed by atoms with Gasteiger partial charge in [0.25, 0.3) is 5.91 Å². The summed E-state index contributed by atoms with van der Waals surface area (Å²) < 4.78 is 26.3. The van der Waals surface area contributed by atoms with Gasteiger partial charge < -0.3 is 19.7 Å². The number of amides is 1. The molecule has 1 aliphatic heterocycles. The first-order chi connectivity index (χ1) is 21.0. The highest BCUT2D eigenvalue weighted by Gasteiger charge is 2.22. The molecule has 0 spiro atoms. The fourth-order valence-corrected chi connectivity index (χ4v) is 5.10. The van der Waals surface area contributed by atoms with Gasteiger partial charge in [0.15, 0.2) is 5.82 Å². The standard InChI is InChI=1S/C33H31FN6O3/c1-42-29-19-25(20-30(21-29)43-28-8-6-26(34)7-9-28)33(41)36-22-23-11-16-39(17-12-23)31-10-14-35-32(38-31)24-4-2-5-27(18-24)40-15-3-13-37-40/h2-10,13-15,18-21,23H,11-12,16-17,22H2,1H3,(H,36,41). The van der Waals surface area contributed by atoms with Crippen LogP contribution in [-0.2, 0) is 0 Å². The molecule has 5 aromatic rings. The maximum absolute atomic E-state index is 13.3. The number of piperidine rings is 1. The molecule has 1 aliphatic rings. The van der Waals surface area contributed by atoms with Gasteiger partial charge in [-0.05, 0) is 79.4 Å². The largest absolute Gasteiger partial charge is 0.497 e. The van der Waals surface area contributed by atoms with Crippen molar-refractivity contribution in [1.82, 2.24) is 25.1 Å². The number of carbonyl (C=O) groups excluding carboxylic acids is 1. The van der Waals surface area contributed by atoms with E-state index >= 15 is 0 Å². The maximum atomic E-state index is 13.3.